The van der Waals surface area contributed by atoms with Crippen LogP contribution in [0.4, 0.5) is 0 Å². The molecule has 92 valence electrons. The van der Waals surface area contributed by atoms with Crippen LogP contribution in [-0.4, -0.2) is 23.5 Å². The Morgan fingerprint density at radius 1 is 1.53 bits per heavy atom. The Kier molecular flexibility index (Phi) is 3.89. The molecule has 0 N–H and O–H groups in total. The van der Waals surface area contributed by atoms with Crippen molar-refractivity contribution in [3.05, 3.63) is 29.6 Å². The third-order valence-corrected chi connectivity index (χ3v) is 3.41. The fraction of sp³-hybridized carbons (Fsp3) is 0.571. The van der Waals surface area contributed by atoms with E-state index < -0.39 is 0 Å². The van der Waals surface area contributed by atoms with E-state index in [4.69, 9.17) is 4.74 Å². The zero-order valence-corrected chi connectivity index (χ0v) is 10.5. The maximum atomic E-state index is 12.1. The number of nitrogens with zero attached hydrogens (tertiary/aromatic N) is 1. The quantitative estimate of drug-likeness (QED) is 0.734. The molecule has 0 unspecified atom stereocenters. The van der Waals surface area contributed by atoms with Gasteiger partial charge in [0.25, 0.3) is 0 Å². The van der Waals surface area contributed by atoms with Gasteiger partial charge in [0.15, 0.2) is 5.78 Å². The monoisotopic (exact) mass is 233 g/mol. The van der Waals surface area contributed by atoms with Crippen molar-refractivity contribution in [1.29, 1.82) is 0 Å². The minimum absolute atomic E-state index is 0.218. The van der Waals surface area contributed by atoms with E-state index in [1.54, 1.807) is 12.4 Å². The minimum Gasteiger partial charge on any atom is -0.378 e. The number of carbonyl (C=O) groups is 1. The summed E-state index contributed by atoms with van der Waals surface area (Å²) in [5.74, 6) is 0.717. The van der Waals surface area contributed by atoms with Gasteiger partial charge in [-0.2, -0.15) is 0 Å². The van der Waals surface area contributed by atoms with Crippen molar-refractivity contribution in [3.63, 3.8) is 0 Å². The second kappa shape index (κ2) is 5.41. The van der Waals surface area contributed by atoms with Crippen molar-refractivity contribution < 1.29 is 9.53 Å². The fourth-order valence-electron chi connectivity index (χ4n) is 2.34. The van der Waals surface area contributed by atoms with Gasteiger partial charge < -0.3 is 4.74 Å². The molecule has 0 amide bonds. The molecule has 1 saturated carbocycles. The first-order valence-corrected chi connectivity index (χ1v) is 6.26. The molecule has 3 heteroatoms. The number of carbonyl (C=O) groups excluding carboxylic acids is 1. The van der Waals surface area contributed by atoms with Gasteiger partial charge in [0, 0.05) is 31.0 Å². The first kappa shape index (κ1) is 12.2. The summed E-state index contributed by atoms with van der Waals surface area (Å²) in [5, 5.41) is 0. The molecular formula is C14H19NO2. The Morgan fingerprint density at radius 3 is 2.94 bits per heavy atom. The SMILES string of the molecule is CCOC1CC(CC(=O)c2cnccc2C)C1. The van der Waals surface area contributed by atoms with E-state index in [2.05, 4.69) is 4.98 Å². The van der Waals surface area contributed by atoms with Gasteiger partial charge in [-0.1, -0.05) is 0 Å². The lowest BCUT2D eigenvalue weighted by atomic mass is 9.78. The predicted octanol–water partition coefficient (Wildman–Crippen LogP) is 2.78. The zero-order valence-electron chi connectivity index (χ0n) is 10.5. The van der Waals surface area contributed by atoms with Crippen molar-refractivity contribution in [3.8, 4) is 0 Å². The van der Waals surface area contributed by atoms with Gasteiger partial charge in [0.1, 0.15) is 0 Å². The van der Waals surface area contributed by atoms with Crippen molar-refractivity contribution >= 4 is 5.78 Å². The van der Waals surface area contributed by atoms with Crippen LogP contribution in [0.2, 0.25) is 0 Å². The van der Waals surface area contributed by atoms with Crippen LogP contribution in [0.15, 0.2) is 18.5 Å². The van der Waals surface area contributed by atoms with E-state index in [9.17, 15) is 4.79 Å². The molecular weight excluding hydrogens is 214 g/mol. The highest BCUT2D eigenvalue weighted by Crippen LogP contribution is 2.33. The summed E-state index contributed by atoms with van der Waals surface area (Å²) in [7, 11) is 0. The number of aryl methyl sites for hydroxylation is 1. The first-order chi connectivity index (χ1) is 8.20. The van der Waals surface area contributed by atoms with Crippen LogP contribution in [-0.2, 0) is 4.74 Å². The van der Waals surface area contributed by atoms with Crippen LogP contribution < -0.4 is 0 Å². The number of Topliss-reactive ketones (excluding diaryl/α,β-unsaturated/α-hetero) is 1. The molecule has 17 heavy (non-hydrogen) atoms. The van der Waals surface area contributed by atoms with Crippen LogP contribution in [0.1, 0.15) is 42.1 Å². The lowest BCUT2D eigenvalue weighted by molar-refractivity contribution is -0.0246. The summed E-state index contributed by atoms with van der Waals surface area (Å²) in [6.07, 6.45) is 6.47. The molecule has 0 bridgehead atoms. The number of aromatic nitrogens is 1. The van der Waals surface area contributed by atoms with Crippen LogP contribution in [0, 0.1) is 12.8 Å². The lowest BCUT2D eigenvalue weighted by Crippen LogP contribution is -2.32. The zero-order chi connectivity index (χ0) is 12.3. The smallest absolute Gasteiger partial charge is 0.164 e. The number of hydrogen-bond acceptors (Lipinski definition) is 3. The van der Waals surface area contributed by atoms with Gasteiger partial charge in [-0.25, -0.2) is 0 Å². The summed E-state index contributed by atoms with van der Waals surface area (Å²) in [6, 6.07) is 1.89. The topological polar surface area (TPSA) is 39.2 Å². The van der Waals surface area contributed by atoms with Crippen LogP contribution in [0.25, 0.3) is 0 Å². The molecule has 1 aromatic rings. The van der Waals surface area contributed by atoms with Gasteiger partial charge in [0.2, 0.25) is 0 Å². The summed E-state index contributed by atoms with van der Waals surface area (Å²) < 4.78 is 5.50. The largest absolute Gasteiger partial charge is 0.378 e. The second-order valence-corrected chi connectivity index (χ2v) is 4.73. The maximum Gasteiger partial charge on any atom is 0.164 e. The van der Waals surface area contributed by atoms with Gasteiger partial charge in [-0.15, -0.1) is 0 Å². The molecule has 1 heterocycles. The molecule has 2 rings (SSSR count). The Bertz CT molecular complexity index is 397. The molecule has 1 fully saturated rings. The van der Waals surface area contributed by atoms with Gasteiger partial charge in [-0.05, 0) is 44.2 Å². The minimum atomic E-state index is 0.218. The van der Waals surface area contributed by atoms with Gasteiger partial charge in [0.05, 0.1) is 6.10 Å². The van der Waals surface area contributed by atoms with Gasteiger partial charge in [-0.3, -0.25) is 9.78 Å². The van der Waals surface area contributed by atoms with E-state index in [0.717, 1.165) is 30.6 Å². The fourth-order valence-corrected chi connectivity index (χ4v) is 2.34. The van der Waals surface area contributed by atoms with Crippen molar-refractivity contribution in [2.45, 2.75) is 39.2 Å². The number of ether oxygens (including phenoxy) is 1. The molecule has 3 nitrogen and oxygen atoms in total. The summed E-state index contributed by atoms with van der Waals surface area (Å²) in [4.78, 5) is 16.1. The standard InChI is InChI=1S/C14H19NO2/c1-3-17-12-6-11(7-12)8-14(16)13-9-15-5-4-10(13)2/h4-5,9,11-12H,3,6-8H2,1-2H3. The highest BCUT2D eigenvalue weighted by atomic mass is 16.5. The van der Waals surface area contributed by atoms with E-state index in [1.807, 2.05) is 19.9 Å². The summed E-state index contributed by atoms with van der Waals surface area (Å²) in [6.45, 7) is 4.74. The molecule has 1 aliphatic carbocycles. The maximum absolute atomic E-state index is 12.1. The summed E-state index contributed by atoms with van der Waals surface area (Å²) in [5.41, 5.74) is 1.79. The molecule has 0 saturated heterocycles. The van der Waals surface area contributed by atoms with Crippen molar-refractivity contribution in [2.24, 2.45) is 5.92 Å². The van der Waals surface area contributed by atoms with E-state index in [-0.39, 0.29) is 5.78 Å². The van der Waals surface area contributed by atoms with Crippen LogP contribution in [0.5, 0.6) is 0 Å². The molecule has 0 aromatic carbocycles. The third kappa shape index (κ3) is 2.91. The third-order valence-electron chi connectivity index (χ3n) is 3.41. The Morgan fingerprint density at radius 2 is 2.29 bits per heavy atom. The highest BCUT2D eigenvalue weighted by molar-refractivity contribution is 5.97. The second-order valence-electron chi connectivity index (χ2n) is 4.73. The van der Waals surface area contributed by atoms with Gasteiger partial charge >= 0.3 is 0 Å². The average Bonchev–Trinajstić information content (AvgIpc) is 2.26. The molecule has 1 aromatic heterocycles. The summed E-state index contributed by atoms with van der Waals surface area (Å²) >= 11 is 0. The number of hydrogen-bond donors (Lipinski definition) is 0. The first-order valence-electron chi connectivity index (χ1n) is 6.26. The van der Waals surface area contributed by atoms with E-state index in [1.165, 1.54) is 0 Å². The van der Waals surface area contributed by atoms with E-state index >= 15 is 0 Å². The predicted molar refractivity (Wildman–Crippen MR) is 66.1 cm³/mol. The Labute approximate surface area is 102 Å². The molecule has 0 radical (unpaired) electrons. The normalized spacial score (nSPS) is 23.2. The average molecular weight is 233 g/mol. The molecule has 0 aliphatic heterocycles. The molecule has 0 spiro atoms. The van der Waals surface area contributed by atoms with Crippen LogP contribution in [0.3, 0.4) is 0 Å². The molecule has 1 aliphatic rings. The Hall–Kier alpha value is -1.22. The highest BCUT2D eigenvalue weighted by Gasteiger charge is 2.31. The van der Waals surface area contributed by atoms with Crippen LogP contribution >= 0.6 is 0 Å². The number of ketones is 1. The van der Waals surface area contributed by atoms with Crippen molar-refractivity contribution in [1.82, 2.24) is 4.98 Å². The lowest BCUT2D eigenvalue weighted by Gasteiger charge is -2.34. The number of rotatable bonds is 5. The number of pyridine rings is 1. The Balaban J connectivity index is 1.85. The molecule has 0 atom stereocenters. The van der Waals surface area contributed by atoms with E-state index in [0.29, 0.717) is 18.4 Å². The van der Waals surface area contributed by atoms with Crippen molar-refractivity contribution in [2.75, 3.05) is 6.61 Å².